The van der Waals surface area contributed by atoms with Gasteiger partial charge in [0.2, 0.25) is 0 Å². The van der Waals surface area contributed by atoms with Crippen LogP contribution in [0.4, 0.5) is 5.69 Å². The molecule has 14 heavy (non-hydrogen) atoms. The Hall–Kier alpha value is -0.990. The molecular formula is C11H19N3. The van der Waals surface area contributed by atoms with E-state index in [1.165, 1.54) is 32.1 Å². The second-order valence-corrected chi connectivity index (χ2v) is 4.35. The third-order valence-electron chi connectivity index (χ3n) is 3.33. The topological polar surface area (TPSA) is 43.8 Å². The fourth-order valence-corrected chi connectivity index (χ4v) is 2.43. The summed E-state index contributed by atoms with van der Waals surface area (Å²) in [4.78, 5) is 0. The van der Waals surface area contributed by atoms with Gasteiger partial charge < -0.3 is 5.73 Å². The molecule has 78 valence electrons. The minimum Gasteiger partial charge on any atom is -0.396 e. The summed E-state index contributed by atoms with van der Waals surface area (Å²) >= 11 is 0. The lowest BCUT2D eigenvalue weighted by atomic mass is 9.84. The molecular weight excluding hydrogens is 174 g/mol. The third-order valence-corrected chi connectivity index (χ3v) is 3.33. The standard InChI is InChI=1S/C11H19N3/c1-2-9-4-3-5-11(6-9)14-8-10(12)7-13-14/h7-9,11H,2-6,12H2,1H3. The second kappa shape index (κ2) is 4.03. The minimum atomic E-state index is 0.589. The molecule has 2 unspecified atom stereocenters. The van der Waals surface area contributed by atoms with E-state index >= 15 is 0 Å². The molecule has 0 radical (unpaired) electrons. The van der Waals surface area contributed by atoms with Gasteiger partial charge in [0.25, 0.3) is 0 Å². The van der Waals surface area contributed by atoms with Gasteiger partial charge in [-0.15, -0.1) is 0 Å². The zero-order valence-electron chi connectivity index (χ0n) is 8.82. The number of aromatic nitrogens is 2. The average Bonchev–Trinajstić information content (AvgIpc) is 2.65. The van der Waals surface area contributed by atoms with Crippen LogP contribution in [0.5, 0.6) is 0 Å². The highest BCUT2D eigenvalue weighted by molar-refractivity contribution is 5.30. The maximum Gasteiger partial charge on any atom is 0.0719 e. The number of nitrogens with two attached hydrogens (primary N) is 1. The smallest absolute Gasteiger partial charge is 0.0719 e. The van der Waals surface area contributed by atoms with Gasteiger partial charge in [0.15, 0.2) is 0 Å². The number of anilines is 1. The Morgan fingerprint density at radius 2 is 2.43 bits per heavy atom. The molecule has 2 N–H and O–H groups in total. The van der Waals surface area contributed by atoms with Crippen molar-refractivity contribution in [2.45, 2.75) is 45.1 Å². The van der Waals surface area contributed by atoms with Crippen LogP contribution in [0.2, 0.25) is 0 Å². The SMILES string of the molecule is CCC1CCCC(n2cc(N)cn2)C1. The first kappa shape index (κ1) is 9.56. The van der Waals surface area contributed by atoms with Crippen molar-refractivity contribution in [3.05, 3.63) is 12.4 Å². The molecule has 0 amide bonds. The molecule has 1 heterocycles. The first-order valence-corrected chi connectivity index (χ1v) is 5.59. The minimum absolute atomic E-state index is 0.589. The molecule has 3 nitrogen and oxygen atoms in total. The van der Waals surface area contributed by atoms with Crippen LogP contribution in [0, 0.1) is 5.92 Å². The lowest BCUT2D eigenvalue weighted by Crippen LogP contribution is -2.19. The summed E-state index contributed by atoms with van der Waals surface area (Å²) in [6.45, 7) is 2.28. The lowest BCUT2D eigenvalue weighted by Gasteiger charge is -2.28. The summed E-state index contributed by atoms with van der Waals surface area (Å²) in [5.74, 6) is 0.888. The van der Waals surface area contributed by atoms with Crippen molar-refractivity contribution in [1.29, 1.82) is 0 Å². The van der Waals surface area contributed by atoms with Gasteiger partial charge in [0.05, 0.1) is 17.9 Å². The largest absolute Gasteiger partial charge is 0.396 e. The van der Waals surface area contributed by atoms with Gasteiger partial charge in [-0.25, -0.2) is 0 Å². The first-order chi connectivity index (χ1) is 6.79. The van der Waals surface area contributed by atoms with Gasteiger partial charge in [-0.05, 0) is 18.8 Å². The fraction of sp³-hybridized carbons (Fsp3) is 0.727. The maximum atomic E-state index is 5.67. The molecule has 0 saturated heterocycles. The Morgan fingerprint density at radius 1 is 1.57 bits per heavy atom. The van der Waals surface area contributed by atoms with E-state index in [1.54, 1.807) is 6.20 Å². The van der Waals surface area contributed by atoms with Gasteiger partial charge in [-0.2, -0.15) is 5.10 Å². The molecule has 1 saturated carbocycles. The van der Waals surface area contributed by atoms with Crippen LogP contribution >= 0.6 is 0 Å². The van der Waals surface area contributed by atoms with Crippen LogP contribution in [0.25, 0.3) is 0 Å². The van der Waals surface area contributed by atoms with Crippen LogP contribution in [0.3, 0.4) is 0 Å². The zero-order chi connectivity index (χ0) is 9.97. The van der Waals surface area contributed by atoms with Crippen LogP contribution in [0.15, 0.2) is 12.4 Å². The summed E-state index contributed by atoms with van der Waals surface area (Å²) in [6.07, 6.45) is 10.3. The van der Waals surface area contributed by atoms with Crippen molar-refractivity contribution in [1.82, 2.24) is 9.78 Å². The van der Waals surface area contributed by atoms with Gasteiger partial charge in [-0.1, -0.05) is 26.2 Å². The molecule has 2 atom stereocenters. The molecule has 0 aliphatic heterocycles. The number of nitrogens with zero attached hydrogens (tertiary/aromatic N) is 2. The van der Waals surface area contributed by atoms with Crippen molar-refractivity contribution in [2.24, 2.45) is 5.92 Å². The molecule has 1 aromatic heterocycles. The Balaban J connectivity index is 2.04. The van der Waals surface area contributed by atoms with Gasteiger partial charge in [0.1, 0.15) is 0 Å². The van der Waals surface area contributed by atoms with E-state index in [4.69, 9.17) is 5.73 Å². The van der Waals surface area contributed by atoms with Crippen molar-refractivity contribution in [2.75, 3.05) is 5.73 Å². The monoisotopic (exact) mass is 193 g/mol. The number of nitrogen functional groups attached to an aromatic ring is 1. The molecule has 0 spiro atoms. The quantitative estimate of drug-likeness (QED) is 0.784. The van der Waals surface area contributed by atoms with Crippen molar-refractivity contribution < 1.29 is 0 Å². The average molecular weight is 193 g/mol. The summed E-state index contributed by atoms with van der Waals surface area (Å²) in [5.41, 5.74) is 6.45. The number of hydrogen-bond donors (Lipinski definition) is 1. The lowest BCUT2D eigenvalue weighted by molar-refractivity contribution is 0.248. The molecule has 0 aromatic carbocycles. The highest BCUT2D eigenvalue weighted by atomic mass is 15.3. The highest BCUT2D eigenvalue weighted by Gasteiger charge is 2.22. The Kier molecular flexibility index (Phi) is 2.75. The van der Waals surface area contributed by atoms with Crippen molar-refractivity contribution in [3.8, 4) is 0 Å². The highest BCUT2D eigenvalue weighted by Crippen LogP contribution is 2.33. The molecule has 1 aliphatic carbocycles. The molecule has 2 rings (SSSR count). The Labute approximate surface area is 85.3 Å². The summed E-state index contributed by atoms with van der Waals surface area (Å²) in [7, 11) is 0. The molecule has 1 aromatic rings. The predicted molar refractivity (Wildman–Crippen MR) is 57.9 cm³/mol. The van der Waals surface area contributed by atoms with E-state index in [0.29, 0.717) is 6.04 Å². The summed E-state index contributed by atoms with van der Waals surface area (Å²) in [6, 6.07) is 0.589. The zero-order valence-corrected chi connectivity index (χ0v) is 8.82. The van der Waals surface area contributed by atoms with Crippen LogP contribution < -0.4 is 5.73 Å². The Morgan fingerprint density at radius 3 is 3.07 bits per heavy atom. The summed E-state index contributed by atoms with van der Waals surface area (Å²) < 4.78 is 2.05. The first-order valence-electron chi connectivity index (χ1n) is 5.59. The van der Waals surface area contributed by atoms with E-state index in [-0.39, 0.29) is 0 Å². The van der Waals surface area contributed by atoms with E-state index in [0.717, 1.165) is 11.6 Å². The van der Waals surface area contributed by atoms with Gasteiger partial charge >= 0.3 is 0 Å². The molecule has 1 aliphatic rings. The number of rotatable bonds is 2. The third kappa shape index (κ3) is 1.91. The van der Waals surface area contributed by atoms with Gasteiger partial charge in [0, 0.05) is 6.20 Å². The number of hydrogen-bond acceptors (Lipinski definition) is 2. The van der Waals surface area contributed by atoms with Crippen molar-refractivity contribution >= 4 is 5.69 Å². The second-order valence-electron chi connectivity index (χ2n) is 4.35. The van der Waals surface area contributed by atoms with Crippen molar-refractivity contribution in [3.63, 3.8) is 0 Å². The van der Waals surface area contributed by atoms with Crippen LogP contribution in [-0.4, -0.2) is 9.78 Å². The van der Waals surface area contributed by atoms with Crippen LogP contribution in [-0.2, 0) is 0 Å². The predicted octanol–water partition coefficient (Wildman–Crippen LogP) is 2.61. The fourth-order valence-electron chi connectivity index (χ4n) is 2.43. The van der Waals surface area contributed by atoms with Gasteiger partial charge in [-0.3, -0.25) is 4.68 Å². The Bertz CT molecular complexity index is 292. The molecule has 0 bridgehead atoms. The molecule has 3 heteroatoms. The van der Waals surface area contributed by atoms with E-state index in [1.807, 2.05) is 6.20 Å². The van der Waals surface area contributed by atoms with Crippen LogP contribution in [0.1, 0.15) is 45.1 Å². The van der Waals surface area contributed by atoms with E-state index in [2.05, 4.69) is 16.7 Å². The van der Waals surface area contributed by atoms with E-state index < -0.39 is 0 Å². The maximum absolute atomic E-state index is 5.67. The molecule has 1 fully saturated rings. The van der Waals surface area contributed by atoms with E-state index in [9.17, 15) is 0 Å². The normalized spacial score (nSPS) is 27.8. The summed E-state index contributed by atoms with van der Waals surface area (Å²) in [5, 5.41) is 4.30.